The summed E-state index contributed by atoms with van der Waals surface area (Å²) in [5.41, 5.74) is 8.65. The van der Waals surface area contributed by atoms with Gasteiger partial charge in [0.1, 0.15) is 5.82 Å². The third-order valence-electron chi connectivity index (χ3n) is 2.54. The Morgan fingerprint density at radius 3 is 2.50 bits per heavy atom. The number of hydrogen-bond acceptors (Lipinski definition) is 2. The number of anilines is 3. The molecule has 0 heterocycles. The lowest BCUT2D eigenvalue weighted by molar-refractivity contribution is 0.628. The predicted molar refractivity (Wildman–Crippen MR) is 75.3 cm³/mol. The zero-order valence-corrected chi connectivity index (χ0v) is 11.1. The smallest absolute Gasteiger partial charge is 0.141 e. The van der Waals surface area contributed by atoms with Crippen molar-refractivity contribution < 1.29 is 4.39 Å². The van der Waals surface area contributed by atoms with Crippen LogP contribution in [0, 0.1) is 12.7 Å². The molecule has 0 saturated heterocycles. The highest BCUT2D eigenvalue weighted by Crippen LogP contribution is 2.30. The van der Waals surface area contributed by atoms with Crippen LogP contribution < -0.4 is 11.1 Å². The minimum Gasteiger partial charge on any atom is -0.398 e. The molecule has 0 fully saturated rings. The fraction of sp³-hybridized carbons (Fsp3) is 0.0769. The van der Waals surface area contributed by atoms with E-state index in [9.17, 15) is 4.39 Å². The number of nitrogen functional groups attached to an aromatic ring is 1. The minimum atomic E-state index is -0.450. The maximum Gasteiger partial charge on any atom is 0.141 e. The first kappa shape index (κ1) is 13.0. The highest BCUT2D eigenvalue weighted by molar-refractivity contribution is 6.33. The monoisotopic (exact) mass is 284 g/mol. The summed E-state index contributed by atoms with van der Waals surface area (Å²) in [5.74, 6) is -0.450. The number of nitrogens with two attached hydrogens (primary N) is 1. The molecule has 0 aliphatic carbocycles. The maximum absolute atomic E-state index is 13.0. The number of halogens is 3. The summed E-state index contributed by atoms with van der Waals surface area (Å²) in [5, 5.41) is 3.65. The van der Waals surface area contributed by atoms with E-state index in [1.807, 2.05) is 6.92 Å². The van der Waals surface area contributed by atoms with Gasteiger partial charge in [0.2, 0.25) is 0 Å². The van der Waals surface area contributed by atoms with Gasteiger partial charge in [-0.1, -0.05) is 23.2 Å². The molecule has 2 aromatic rings. The van der Waals surface area contributed by atoms with E-state index in [2.05, 4.69) is 5.32 Å². The summed E-state index contributed by atoms with van der Waals surface area (Å²) < 4.78 is 13.0. The fourth-order valence-electron chi connectivity index (χ4n) is 1.57. The van der Waals surface area contributed by atoms with Crippen LogP contribution in [0.2, 0.25) is 10.0 Å². The van der Waals surface area contributed by atoms with E-state index >= 15 is 0 Å². The van der Waals surface area contributed by atoms with Crippen LogP contribution in [-0.4, -0.2) is 0 Å². The lowest BCUT2D eigenvalue weighted by Gasteiger charge is -2.12. The number of nitrogens with one attached hydrogen (secondary N) is 1. The minimum absolute atomic E-state index is 0.0687. The van der Waals surface area contributed by atoms with Gasteiger partial charge in [-0.3, -0.25) is 0 Å². The van der Waals surface area contributed by atoms with Gasteiger partial charge in [0.25, 0.3) is 0 Å². The Hall–Kier alpha value is -1.45. The van der Waals surface area contributed by atoms with Crippen LogP contribution in [0.4, 0.5) is 21.5 Å². The number of hydrogen-bond donors (Lipinski definition) is 2. The van der Waals surface area contributed by atoms with Gasteiger partial charge in [-0.15, -0.1) is 0 Å². The van der Waals surface area contributed by atoms with Gasteiger partial charge < -0.3 is 11.1 Å². The van der Waals surface area contributed by atoms with Crippen molar-refractivity contribution in [1.29, 1.82) is 0 Å². The molecule has 0 aliphatic rings. The largest absolute Gasteiger partial charge is 0.398 e. The molecule has 2 rings (SSSR count). The van der Waals surface area contributed by atoms with Crippen LogP contribution in [0.1, 0.15) is 5.56 Å². The summed E-state index contributed by atoms with van der Waals surface area (Å²) in [7, 11) is 0. The van der Waals surface area contributed by atoms with Gasteiger partial charge >= 0.3 is 0 Å². The Morgan fingerprint density at radius 2 is 1.83 bits per heavy atom. The van der Waals surface area contributed by atoms with E-state index in [1.54, 1.807) is 18.2 Å². The Morgan fingerprint density at radius 1 is 1.11 bits per heavy atom. The average Bonchev–Trinajstić information content (AvgIpc) is 2.31. The molecule has 0 bridgehead atoms. The van der Waals surface area contributed by atoms with E-state index in [4.69, 9.17) is 28.9 Å². The number of benzene rings is 2. The third kappa shape index (κ3) is 2.68. The summed E-state index contributed by atoms with van der Waals surface area (Å²) in [6.07, 6.45) is 0. The first-order valence-electron chi connectivity index (χ1n) is 5.25. The van der Waals surface area contributed by atoms with Crippen LogP contribution in [0.3, 0.4) is 0 Å². The lowest BCUT2D eigenvalue weighted by Crippen LogP contribution is -1.96. The third-order valence-corrected chi connectivity index (χ3v) is 3.16. The number of aryl methyl sites for hydroxylation is 1. The molecule has 2 nitrogen and oxygen atoms in total. The van der Waals surface area contributed by atoms with E-state index in [0.717, 1.165) is 11.3 Å². The molecular weight excluding hydrogens is 274 g/mol. The van der Waals surface area contributed by atoms with Gasteiger partial charge in [-0.2, -0.15) is 0 Å². The van der Waals surface area contributed by atoms with E-state index in [1.165, 1.54) is 12.1 Å². The van der Waals surface area contributed by atoms with Crippen molar-refractivity contribution in [2.24, 2.45) is 0 Å². The van der Waals surface area contributed by atoms with Crippen molar-refractivity contribution in [3.63, 3.8) is 0 Å². The molecule has 5 heteroatoms. The highest BCUT2D eigenvalue weighted by Gasteiger charge is 2.05. The first-order valence-corrected chi connectivity index (χ1v) is 6.00. The Balaban J connectivity index is 2.34. The Kier molecular flexibility index (Phi) is 3.64. The molecule has 3 N–H and O–H groups in total. The Labute approximate surface area is 115 Å². The van der Waals surface area contributed by atoms with Crippen LogP contribution in [0.5, 0.6) is 0 Å². The summed E-state index contributed by atoms with van der Waals surface area (Å²) in [4.78, 5) is 0. The van der Waals surface area contributed by atoms with Gasteiger partial charge in [-0.25, -0.2) is 4.39 Å². The van der Waals surface area contributed by atoms with E-state index < -0.39 is 5.82 Å². The van der Waals surface area contributed by atoms with Crippen molar-refractivity contribution in [2.75, 3.05) is 11.1 Å². The van der Waals surface area contributed by atoms with Crippen molar-refractivity contribution in [3.8, 4) is 0 Å². The van der Waals surface area contributed by atoms with Crippen molar-refractivity contribution in [3.05, 3.63) is 51.8 Å². The first-order chi connectivity index (χ1) is 8.47. The molecule has 0 unspecified atom stereocenters. The zero-order valence-electron chi connectivity index (χ0n) is 9.60. The zero-order chi connectivity index (χ0) is 13.3. The molecule has 0 atom stereocenters. The molecule has 0 aromatic heterocycles. The second-order valence-electron chi connectivity index (χ2n) is 3.94. The molecule has 94 valence electrons. The standard InChI is InChI=1S/C13H11Cl2FN2/c1-7-4-12(17)10(15)6-13(7)18-8-2-3-11(16)9(14)5-8/h2-6,18H,17H2,1H3. The van der Waals surface area contributed by atoms with Crippen LogP contribution >= 0.6 is 23.2 Å². The van der Waals surface area contributed by atoms with Crippen LogP contribution in [-0.2, 0) is 0 Å². The average molecular weight is 285 g/mol. The lowest BCUT2D eigenvalue weighted by atomic mass is 10.1. The highest BCUT2D eigenvalue weighted by atomic mass is 35.5. The second kappa shape index (κ2) is 5.04. The van der Waals surface area contributed by atoms with Crippen LogP contribution in [0.25, 0.3) is 0 Å². The predicted octanol–water partition coefficient (Wildman–Crippen LogP) is 4.77. The maximum atomic E-state index is 13.0. The van der Waals surface area contributed by atoms with Gasteiger partial charge in [0, 0.05) is 11.4 Å². The van der Waals surface area contributed by atoms with Crippen molar-refractivity contribution in [1.82, 2.24) is 0 Å². The summed E-state index contributed by atoms with van der Waals surface area (Å²) in [6, 6.07) is 7.92. The molecular formula is C13H11Cl2FN2. The van der Waals surface area contributed by atoms with Crippen LogP contribution in [0.15, 0.2) is 30.3 Å². The van der Waals surface area contributed by atoms with Gasteiger partial charge in [0.05, 0.1) is 15.7 Å². The quantitative estimate of drug-likeness (QED) is 0.780. The van der Waals surface area contributed by atoms with E-state index in [-0.39, 0.29) is 5.02 Å². The van der Waals surface area contributed by atoms with E-state index in [0.29, 0.717) is 16.4 Å². The fourth-order valence-corrected chi connectivity index (χ4v) is 1.91. The number of rotatable bonds is 2. The summed E-state index contributed by atoms with van der Waals surface area (Å²) >= 11 is 11.7. The molecule has 18 heavy (non-hydrogen) atoms. The Bertz CT molecular complexity index is 600. The molecule has 0 radical (unpaired) electrons. The summed E-state index contributed by atoms with van der Waals surface area (Å²) in [6.45, 7) is 1.90. The molecule has 0 spiro atoms. The van der Waals surface area contributed by atoms with Crippen molar-refractivity contribution >= 4 is 40.3 Å². The SMILES string of the molecule is Cc1cc(N)c(Cl)cc1Nc1ccc(F)c(Cl)c1. The molecule has 0 aliphatic heterocycles. The topological polar surface area (TPSA) is 38.0 Å². The normalized spacial score (nSPS) is 10.4. The van der Waals surface area contributed by atoms with Gasteiger partial charge in [-0.05, 0) is 42.8 Å². The molecule has 0 saturated carbocycles. The van der Waals surface area contributed by atoms with Crippen molar-refractivity contribution in [2.45, 2.75) is 6.92 Å². The second-order valence-corrected chi connectivity index (χ2v) is 4.76. The molecule has 2 aromatic carbocycles. The van der Waals surface area contributed by atoms with Gasteiger partial charge in [0.15, 0.2) is 0 Å². The molecule has 0 amide bonds.